The van der Waals surface area contributed by atoms with E-state index < -0.39 is 0 Å². The molecule has 0 unspecified atom stereocenters. The number of fused-ring (bicyclic) bond motifs is 1. The maximum Gasteiger partial charge on any atom is 0.252 e. The van der Waals surface area contributed by atoms with Crippen molar-refractivity contribution in [3.05, 3.63) is 90.3 Å². The first kappa shape index (κ1) is 21.8. The van der Waals surface area contributed by atoms with Crippen molar-refractivity contribution in [3.8, 4) is 17.2 Å². The summed E-state index contributed by atoms with van der Waals surface area (Å²) in [6.45, 7) is 1.75. The van der Waals surface area contributed by atoms with E-state index in [1.54, 1.807) is 55.9 Å². The third-order valence-electron chi connectivity index (χ3n) is 4.99. The van der Waals surface area contributed by atoms with Crippen LogP contribution in [0.25, 0.3) is 10.8 Å². The number of rotatable bonds is 7. The van der Waals surface area contributed by atoms with Gasteiger partial charge in [0.1, 0.15) is 11.5 Å². The summed E-state index contributed by atoms with van der Waals surface area (Å²) in [5.41, 5.74) is 1.94. The van der Waals surface area contributed by atoms with Crippen LogP contribution < -0.4 is 20.1 Å². The van der Waals surface area contributed by atoms with Crippen molar-refractivity contribution in [2.75, 3.05) is 19.0 Å². The van der Waals surface area contributed by atoms with Crippen LogP contribution in [0, 0.1) is 6.92 Å². The second-order valence-electron chi connectivity index (χ2n) is 7.42. The molecule has 0 aliphatic rings. The second-order valence-corrected chi connectivity index (χ2v) is 7.42. The Morgan fingerprint density at radius 1 is 0.970 bits per heavy atom. The Bertz CT molecular complexity index is 1310. The largest absolute Gasteiger partial charge is 0.497 e. The summed E-state index contributed by atoms with van der Waals surface area (Å²) in [7, 11) is 1.59. The number of para-hydroxylation sites is 2. The molecule has 0 fully saturated rings. The van der Waals surface area contributed by atoms with Crippen LogP contribution in [0.2, 0.25) is 0 Å². The number of ether oxygens (including phenoxy) is 2. The fraction of sp³-hybridized carbons (Fsp3) is 0.115. The second kappa shape index (κ2) is 9.82. The van der Waals surface area contributed by atoms with Gasteiger partial charge in [-0.05, 0) is 54.3 Å². The molecule has 7 nitrogen and oxygen atoms in total. The van der Waals surface area contributed by atoms with E-state index in [9.17, 15) is 9.59 Å². The van der Waals surface area contributed by atoms with Gasteiger partial charge in [-0.3, -0.25) is 14.6 Å². The summed E-state index contributed by atoms with van der Waals surface area (Å²) in [6, 6.07) is 19.9. The van der Waals surface area contributed by atoms with E-state index in [2.05, 4.69) is 15.6 Å². The Morgan fingerprint density at radius 2 is 1.79 bits per heavy atom. The lowest BCUT2D eigenvalue weighted by Crippen LogP contribution is -2.33. The van der Waals surface area contributed by atoms with E-state index in [0.717, 1.165) is 16.3 Å². The maximum absolute atomic E-state index is 12.7. The monoisotopic (exact) mass is 441 g/mol. The number of carbonyl (C=O) groups is 2. The summed E-state index contributed by atoms with van der Waals surface area (Å²) in [5, 5.41) is 7.09. The molecule has 0 bridgehead atoms. The highest BCUT2D eigenvalue weighted by Crippen LogP contribution is 2.32. The van der Waals surface area contributed by atoms with Gasteiger partial charge >= 0.3 is 0 Å². The molecule has 2 N–H and O–H groups in total. The zero-order chi connectivity index (χ0) is 23.2. The molecule has 0 atom stereocenters. The van der Waals surface area contributed by atoms with Gasteiger partial charge in [0, 0.05) is 29.4 Å². The lowest BCUT2D eigenvalue weighted by Gasteiger charge is -2.14. The first-order valence-corrected chi connectivity index (χ1v) is 10.4. The fourth-order valence-electron chi connectivity index (χ4n) is 3.44. The van der Waals surface area contributed by atoms with Crippen LogP contribution >= 0.6 is 0 Å². The molecule has 7 heteroatoms. The van der Waals surface area contributed by atoms with Gasteiger partial charge in [-0.1, -0.05) is 24.3 Å². The molecule has 3 aromatic carbocycles. The fourth-order valence-corrected chi connectivity index (χ4v) is 3.44. The molecular formula is C26H23N3O4. The smallest absolute Gasteiger partial charge is 0.252 e. The van der Waals surface area contributed by atoms with Crippen LogP contribution in [0.5, 0.6) is 17.2 Å². The highest BCUT2D eigenvalue weighted by atomic mass is 16.5. The maximum atomic E-state index is 12.7. The molecule has 0 spiro atoms. The van der Waals surface area contributed by atoms with Crippen LogP contribution in [0.1, 0.15) is 15.9 Å². The number of anilines is 1. The summed E-state index contributed by atoms with van der Waals surface area (Å²) in [4.78, 5) is 29.3. The molecule has 1 aromatic heterocycles. The van der Waals surface area contributed by atoms with E-state index in [0.29, 0.717) is 28.5 Å². The predicted octanol–water partition coefficient (Wildman–Crippen LogP) is 4.71. The molecule has 33 heavy (non-hydrogen) atoms. The molecule has 2 amide bonds. The number of hydrogen-bond donors (Lipinski definition) is 2. The van der Waals surface area contributed by atoms with E-state index in [-0.39, 0.29) is 18.4 Å². The first-order chi connectivity index (χ1) is 16.0. The molecular weight excluding hydrogens is 418 g/mol. The van der Waals surface area contributed by atoms with Crippen molar-refractivity contribution in [3.63, 3.8) is 0 Å². The molecule has 0 saturated heterocycles. The summed E-state index contributed by atoms with van der Waals surface area (Å²) < 4.78 is 11.3. The highest BCUT2D eigenvalue weighted by molar-refractivity contribution is 6.08. The molecule has 4 rings (SSSR count). The predicted molar refractivity (Wildman–Crippen MR) is 127 cm³/mol. The third-order valence-corrected chi connectivity index (χ3v) is 4.99. The molecule has 0 aliphatic carbocycles. The van der Waals surface area contributed by atoms with Crippen LogP contribution in [0.15, 0.2) is 79.1 Å². The number of aromatic nitrogens is 1. The standard InChI is InChI=1S/C26H23N3O4/c1-17-12-19(32-2)14-20(13-17)33-24-9-4-3-8-23(24)29-25(30)16-28-26(31)21-7-5-6-18-10-11-27-15-22(18)21/h3-15H,16H2,1-2H3,(H,28,31)(H,29,30). The van der Waals surface area contributed by atoms with E-state index in [1.165, 1.54) is 0 Å². The Kier molecular flexibility index (Phi) is 6.50. The zero-order valence-corrected chi connectivity index (χ0v) is 18.3. The summed E-state index contributed by atoms with van der Waals surface area (Å²) in [6.07, 6.45) is 3.31. The van der Waals surface area contributed by atoms with Gasteiger partial charge in [0.2, 0.25) is 5.91 Å². The number of nitrogens with zero attached hydrogens (tertiary/aromatic N) is 1. The minimum absolute atomic E-state index is 0.192. The summed E-state index contributed by atoms with van der Waals surface area (Å²) in [5.74, 6) is 1.02. The topological polar surface area (TPSA) is 89.5 Å². The first-order valence-electron chi connectivity index (χ1n) is 10.4. The number of nitrogens with one attached hydrogen (secondary N) is 2. The average molecular weight is 441 g/mol. The van der Waals surface area contributed by atoms with Crippen molar-refractivity contribution in [1.82, 2.24) is 10.3 Å². The minimum Gasteiger partial charge on any atom is -0.497 e. The number of hydrogen-bond acceptors (Lipinski definition) is 5. The van der Waals surface area contributed by atoms with Gasteiger partial charge in [-0.15, -0.1) is 0 Å². The van der Waals surface area contributed by atoms with Gasteiger partial charge in [-0.2, -0.15) is 0 Å². The van der Waals surface area contributed by atoms with Crippen LogP contribution in [0.4, 0.5) is 5.69 Å². The number of pyridine rings is 1. The van der Waals surface area contributed by atoms with Crippen LogP contribution in [-0.2, 0) is 4.79 Å². The Balaban J connectivity index is 1.43. The van der Waals surface area contributed by atoms with Crippen molar-refractivity contribution in [1.29, 1.82) is 0 Å². The lowest BCUT2D eigenvalue weighted by atomic mass is 10.1. The quantitative estimate of drug-likeness (QED) is 0.433. The van der Waals surface area contributed by atoms with E-state index in [1.807, 2.05) is 37.3 Å². The summed E-state index contributed by atoms with van der Waals surface area (Å²) >= 11 is 0. The zero-order valence-electron chi connectivity index (χ0n) is 18.3. The molecule has 166 valence electrons. The number of methoxy groups -OCH3 is 1. The van der Waals surface area contributed by atoms with Crippen molar-refractivity contribution >= 4 is 28.3 Å². The van der Waals surface area contributed by atoms with Crippen molar-refractivity contribution in [2.45, 2.75) is 6.92 Å². The van der Waals surface area contributed by atoms with E-state index >= 15 is 0 Å². The molecule has 0 saturated carbocycles. The number of carbonyl (C=O) groups excluding carboxylic acids is 2. The van der Waals surface area contributed by atoms with Gasteiger partial charge in [0.15, 0.2) is 5.75 Å². The number of amides is 2. The molecule has 1 heterocycles. The Morgan fingerprint density at radius 3 is 2.64 bits per heavy atom. The third kappa shape index (κ3) is 5.27. The lowest BCUT2D eigenvalue weighted by molar-refractivity contribution is -0.115. The SMILES string of the molecule is COc1cc(C)cc(Oc2ccccc2NC(=O)CNC(=O)c2cccc3ccncc23)c1. The highest BCUT2D eigenvalue weighted by Gasteiger charge is 2.13. The number of benzene rings is 3. The van der Waals surface area contributed by atoms with Crippen LogP contribution in [-0.4, -0.2) is 30.5 Å². The average Bonchev–Trinajstić information content (AvgIpc) is 2.83. The minimum atomic E-state index is -0.375. The molecule has 0 radical (unpaired) electrons. The van der Waals surface area contributed by atoms with Crippen molar-refractivity contribution in [2.24, 2.45) is 0 Å². The molecule has 4 aromatic rings. The van der Waals surface area contributed by atoms with Crippen LogP contribution in [0.3, 0.4) is 0 Å². The van der Waals surface area contributed by atoms with Gasteiger partial charge in [-0.25, -0.2) is 0 Å². The van der Waals surface area contributed by atoms with E-state index in [4.69, 9.17) is 9.47 Å². The van der Waals surface area contributed by atoms with Gasteiger partial charge < -0.3 is 20.1 Å². The van der Waals surface area contributed by atoms with Gasteiger partial charge in [0.25, 0.3) is 5.91 Å². The van der Waals surface area contributed by atoms with Crippen molar-refractivity contribution < 1.29 is 19.1 Å². The normalized spacial score (nSPS) is 10.5. The Labute approximate surface area is 191 Å². The van der Waals surface area contributed by atoms with Gasteiger partial charge in [0.05, 0.1) is 19.3 Å². The number of aryl methyl sites for hydroxylation is 1. The molecule has 0 aliphatic heterocycles. The Hall–Kier alpha value is -4.39.